The maximum atomic E-state index is 7.02. The lowest BCUT2D eigenvalue weighted by Crippen LogP contribution is -1.91. The van der Waals surface area contributed by atoms with Crippen molar-refractivity contribution in [3.63, 3.8) is 0 Å². The highest BCUT2D eigenvalue weighted by Crippen LogP contribution is 2.48. The van der Waals surface area contributed by atoms with E-state index in [9.17, 15) is 0 Å². The number of pyridine rings is 1. The van der Waals surface area contributed by atoms with E-state index >= 15 is 0 Å². The lowest BCUT2D eigenvalue weighted by Gasteiger charge is -2.17. The molecule has 11 rings (SSSR count). The number of hydrogen-bond acceptors (Lipinski definition) is 2. The van der Waals surface area contributed by atoms with E-state index in [1.54, 1.807) is 0 Å². The number of hydrogen-bond donors (Lipinski definition) is 0. The Kier molecular flexibility index (Phi) is 6.59. The van der Waals surface area contributed by atoms with Gasteiger partial charge in [-0.3, -0.25) is 4.98 Å². The summed E-state index contributed by atoms with van der Waals surface area (Å²) in [5.41, 5.74) is 11.2. The van der Waals surface area contributed by atoms with Gasteiger partial charge in [0.2, 0.25) is 0 Å². The van der Waals surface area contributed by atoms with Crippen molar-refractivity contribution < 1.29 is 4.42 Å². The zero-order chi connectivity index (χ0) is 34.9. The summed E-state index contributed by atoms with van der Waals surface area (Å²) >= 11 is 0. The fraction of sp³-hybridized carbons (Fsp3) is 0. The zero-order valence-corrected chi connectivity index (χ0v) is 28.8. The van der Waals surface area contributed by atoms with Crippen LogP contribution in [0.1, 0.15) is 0 Å². The number of benzene rings is 9. The molecular formula is C51H31NO. The van der Waals surface area contributed by atoms with Gasteiger partial charge < -0.3 is 4.42 Å². The Bertz CT molecular complexity index is 3100. The van der Waals surface area contributed by atoms with Crippen molar-refractivity contribution in [2.24, 2.45) is 0 Å². The lowest BCUT2D eigenvalue weighted by molar-refractivity contribution is 0.670. The predicted molar refractivity (Wildman–Crippen MR) is 223 cm³/mol. The van der Waals surface area contributed by atoms with Gasteiger partial charge in [0, 0.05) is 39.9 Å². The number of rotatable bonds is 4. The van der Waals surface area contributed by atoms with Crippen LogP contribution in [0.25, 0.3) is 110 Å². The van der Waals surface area contributed by atoms with Gasteiger partial charge in [-0.2, -0.15) is 0 Å². The number of nitrogens with zero attached hydrogens (tertiary/aromatic N) is 1. The minimum atomic E-state index is 0.879. The highest BCUT2D eigenvalue weighted by Gasteiger charge is 2.21. The third-order valence-corrected chi connectivity index (χ3v) is 10.9. The van der Waals surface area contributed by atoms with Gasteiger partial charge in [0.1, 0.15) is 11.2 Å². The molecule has 9 aromatic carbocycles. The van der Waals surface area contributed by atoms with E-state index in [2.05, 4.69) is 175 Å². The van der Waals surface area contributed by atoms with Crippen molar-refractivity contribution in [1.29, 1.82) is 0 Å². The second kappa shape index (κ2) is 11.8. The molecule has 0 atom stereocenters. The molecule has 2 aromatic heterocycles. The molecule has 0 saturated carbocycles. The minimum Gasteiger partial charge on any atom is -0.455 e. The van der Waals surface area contributed by atoms with Crippen molar-refractivity contribution in [3.05, 3.63) is 188 Å². The Hall–Kier alpha value is -7.03. The van der Waals surface area contributed by atoms with Gasteiger partial charge in [0.15, 0.2) is 0 Å². The Labute approximate surface area is 306 Å². The molecule has 2 heteroatoms. The number of furan rings is 1. The van der Waals surface area contributed by atoms with Gasteiger partial charge in [-0.25, -0.2) is 0 Å². The monoisotopic (exact) mass is 673 g/mol. The van der Waals surface area contributed by atoms with Gasteiger partial charge in [0.25, 0.3) is 0 Å². The average Bonchev–Trinajstić information content (AvgIpc) is 3.61. The van der Waals surface area contributed by atoms with Crippen LogP contribution in [0.3, 0.4) is 0 Å². The van der Waals surface area contributed by atoms with E-state index in [-0.39, 0.29) is 0 Å². The first kappa shape index (κ1) is 29.7. The molecule has 0 spiro atoms. The van der Waals surface area contributed by atoms with Crippen LogP contribution in [0.15, 0.2) is 193 Å². The molecule has 2 heterocycles. The van der Waals surface area contributed by atoms with Crippen molar-refractivity contribution in [1.82, 2.24) is 4.98 Å². The molecule has 0 unspecified atom stereocenters. The topological polar surface area (TPSA) is 26.0 Å². The summed E-state index contributed by atoms with van der Waals surface area (Å²) in [6.45, 7) is 0. The van der Waals surface area contributed by atoms with Gasteiger partial charge >= 0.3 is 0 Å². The van der Waals surface area contributed by atoms with Gasteiger partial charge in [-0.05, 0) is 89.1 Å². The maximum Gasteiger partial charge on any atom is 0.143 e. The first-order valence-corrected chi connectivity index (χ1v) is 18.1. The number of fused-ring (bicyclic) bond motifs is 7. The molecule has 0 radical (unpaired) electrons. The van der Waals surface area contributed by atoms with Crippen LogP contribution in [-0.2, 0) is 0 Å². The van der Waals surface area contributed by atoms with Crippen LogP contribution in [0.4, 0.5) is 0 Å². The van der Waals surface area contributed by atoms with E-state index in [0.717, 1.165) is 38.6 Å². The molecule has 11 aromatic rings. The van der Waals surface area contributed by atoms with E-state index < -0.39 is 0 Å². The molecule has 0 aliphatic heterocycles. The second-order valence-corrected chi connectivity index (χ2v) is 13.8. The van der Waals surface area contributed by atoms with E-state index in [0.29, 0.717) is 0 Å². The van der Waals surface area contributed by atoms with Gasteiger partial charge in [-0.15, -0.1) is 0 Å². The molecular weight excluding hydrogens is 643 g/mol. The standard InChI is InChI=1S/C51H31NO/c1-2-14-32(15-3-1)47-40-21-8-10-23-42(40)50(43-24-11-9-22-41(43)47)45-26-12-25-44-35-28-27-33(30-46(35)53-51(44)45)48-36-17-4-6-19-38(36)49(34-16-13-29-52-31-34)39-20-7-5-18-37(39)48/h1-31H. The summed E-state index contributed by atoms with van der Waals surface area (Å²) in [6.07, 6.45) is 3.80. The molecule has 0 amide bonds. The molecule has 0 N–H and O–H groups in total. The molecule has 0 saturated heterocycles. The quantitative estimate of drug-likeness (QED) is 0.174. The van der Waals surface area contributed by atoms with Crippen molar-refractivity contribution in [3.8, 4) is 44.5 Å². The first-order valence-electron chi connectivity index (χ1n) is 18.1. The van der Waals surface area contributed by atoms with Crippen LogP contribution in [0.5, 0.6) is 0 Å². The number of para-hydroxylation sites is 1. The van der Waals surface area contributed by atoms with Crippen LogP contribution >= 0.6 is 0 Å². The van der Waals surface area contributed by atoms with Crippen LogP contribution in [0, 0.1) is 0 Å². The summed E-state index contributed by atoms with van der Waals surface area (Å²) in [5.74, 6) is 0. The smallest absolute Gasteiger partial charge is 0.143 e. The molecule has 0 fully saturated rings. The Morgan fingerprint density at radius 2 is 0.792 bits per heavy atom. The Morgan fingerprint density at radius 1 is 0.321 bits per heavy atom. The maximum absolute atomic E-state index is 7.02. The molecule has 0 bridgehead atoms. The van der Waals surface area contributed by atoms with Crippen LogP contribution < -0.4 is 0 Å². The van der Waals surface area contributed by atoms with Crippen LogP contribution in [-0.4, -0.2) is 4.98 Å². The minimum absolute atomic E-state index is 0.879. The van der Waals surface area contributed by atoms with Gasteiger partial charge in [-0.1, -0.05) is 158 Å². The fourth-order valence-electron chi connectivity index (χ4n) is 8.75. The summed E-state index contributed by atoms with van der Waals surface area (Å²) in [4.78, 5) is 4.48. The third-order valence-electron chi connectivity index (χ3n) is 10.9. The SMILES string of the molecule is c1ccc(-c2c3ccccc3c(-c3cccc4c3oc3cc(-c5c6ccccc6c(-c6cccnc6)c6ccccc56)ccc34)c3ccccc23)cc1. The average molecular weight is 674 g/mol. The molecule has 246 valence electrons. The number of aromatic nitrogens is 1. The summed E-state index contributed by atoms with van der Waals surface area (Å²) in [7, 11) is 0. The predicted octanol–water partition coefficient (Wildman–Crippen LogP) is 14.3. The molecule has 0 aliphatic rings. The highest BCUT2D eigenvalue weighted by molar-refractivity contribution is 6.25. The second-order valence-electron chi connectivity index (χ2n) is 13.8. The first-order chi connectivity index (χ1) is 26.3. The third kappa shape index (κ3) is 4.49. The van der Waals surface area contributed by atoms with Crippen molar-refractivity contribution >= 4 is 65.0 Å². The van der Waals surface area contributed by atoms with Crippen molar-refractivity contribution in [2.45, 2.75) is 0 Å². The highest BCUT2D eigenvalue weighted by atomic mass is 16.3. The summed E-state index contributed by atoms with van der Waals surface area (Å²) in [5, 5.41) is 11.9. The summed E-state index contributed by atoms with van der Waals surface area (Å²) in [6, 6.07) is 63.4. The van der Waals surface area contributed by atoms with Gasteiger partial charge in [0.05, 0.1) is 0 Å². The van der Waals surface area contributed by atoms with E-state index in [4.69, 9.17) is 4.42 Å². The summed E-state index contributed by atoms with van der Waals surface area (Å²) < 4.78 is 7.02. The molecule has 0 aliphatic carbocycles. The zero-order valence-electron chi connectivity index (χ0n) is 28.8. The molecule has 2 nitrogen and oxygen atoms in total. The fourth-order valence-corrected chi connectivity index (χ4v) is 8.75. The van der Waals surface area contributed by atoms with Crippen molar-refractivity contribution in [2.75, 3.05) is 0 Å². The molecule has 53 heavy (non-hydrogen) atoms. The normalized spacial score (nSPS) is 11.8. The Morgan fingerprint density at radius 3 is 1.34 bits per heavy atom. The lowest BCUT2D eigenvalue weighted by atomic mass is 9.85. The van der Waals surface area contributed by atoms with E-state index in [1.165, 1.54) is 70.9 Å². The van der Waals surface area contributed by atoms with Crippen LogP contribution in [0.2, 0.25) is 0 Å². The van der Waals surface area contributed by atoms with E-state index in [1.807, 2.05) is 18.5 Å². The Balaban J connectivity index is 1.18. The largest absolute Gasteiger partial charge is 0.455 e.